The molecule has 0 aromatic carbocycles. The molecule has 0 radical (unpaired) electrons. The van der Waals surface area contributed by atoms with E-state index in [4.69, 9.17) is 29.9 Å². The minimum absolute atomic E-state index is 0.0314. The third-order valence-corrected chi connectivity index (χ3v) is 5.36. The first-order chi connectivity index (χ1) is 16.6. The van der Waals surface area contributed by atoms with Gasteiger partial charge in [0.15, 0.2) is 5.60 Å². The van der Waals surface area contributed by atoms with Gasteiger partial charge in [-0.15, -0.1) is 0 Å². The Bertz CT molecular complexity index is 552. The van der Waals surface area contributed by atoms with Gasteiger partial charge < -0.3 is 35.0 Å². The number of unbranched alkanes of at least 4 members (excludes halogenated alkanes) is 9. The lowest BCUT2D eigenvalue weighted by molar-refractivity contribution is -0.185. The normalized spacial score (nSPS) is 14.1. The Morgan fingerprint density at radius 2 is 1.23 bits per heavy atom. The van der Waals surface area contributed by atoms with Gasteiger partial charge in [-0.2, -0.15) is 0 Å². The highest BCUT2D eigenvalue weighted by Crippen LogP contribution is 2.30. The number of aliphatic carboxylic acids is 1. The van der Waals surface area contributed by atoms with Crippen LogP contribution in [0.5, 0.6) is 0 Å². The topological polar surface area (TPSA) is 171 Å². The molecule has 0 heterocycles. The molecule has 0 saturated heterocycles. The molecule has 0 aliphatic carbocycles. The average molecular weight is 509 g/mol. The maximum atomic E-state index is 12.4. The van der Waals surface area contributed by atoms with Crippen molar-refractivity contribution in [2.45, 2.75) is 110 Å². The third-order valence-electron chi connectivity index (χ3n) is 5.36. The molecule has 5 N–H and O–H groups in total. The fraction of sp³-hybridized carbons (Fsp3) is 0.880. The van der Waals surface area contributed by atoms with E-state index in [-0.39, 0.29) is 32.8 Å². The second-order valence-electron chi connectivity index (χ2n) is 8.60. The molecule has 0 aliphatic heterocycles. The number of esters is 2. The summed E-state index contributed by atoms with van der Waals surface area (Å²) in [6.45, 7) is 4.84. The maximum Gasteiger partial charge on any atom is 0.339 e. The van der Waals surface area contributed by atoms with Gasteiger partial charge >= 0.3 is 17.9 Å². The molecule has 0 aromatic heterocycles. The van der Waals surface area contributed by atoms with Crippen molar-refractivity contribution >= 4 is 17.9 Å². The Morgan fingerprint density at radius 3 is 1.60 bits per heavy atom. The van der Waals surface area contributed by atoms with Crippen LogP contribution in [-0.2, 0) is 23.9 Å². The van der Waals surface area contributed by atoms with Gasteiger partial charge in [-0.25, -0.2) is 4.79 Å². The van der Waals surface area contributed by atoms with Crippen LogP contribution in [0.2, 0.25) is 0 Å². The number of aliphatic hydroxyl groups excluding tert-OH is 3. The van der Waals surface area contributed by atoms with E-state index in [2.05, 4.69) is 0 Å². The SMILES string of the molecule is CC(O)CO.CCOC(=O)C(CCCCCCCCCCCCO)C(O)(CC(=O)O)C(=O)OCC. The first-order valence-electron chi connectivity index (χ1n) is 12.8. The van der Waals surface area contributed by atoms with Crippen LogP contribution < -0.4 is 0 Å². The van der Waals surface area contributed by atoms with Crippen LogP contribution in [0, 0.1) is 5.92 Å². The Morgan fingerprint density at radius 1 is 0.800 bits per heavy atom. The minimum atomic E-state index is -2.44. The fourth-order valence-electron chi connectivity index (χ4n) is 3.49. The van der Waals surface area contributed by atoms with Crippen LogP contribution >= 0.6 is 0 Å². The number of carbonyl (C=O) groups excluding carboxylic acids is 2. The quantitative estimate of drug-likeness (QED) is 0.122. The van der Waals surface area contributed by atoms with Gasteiger partial charge in [0.2, 0.25) is 0 Å². The van der Waals surface area contributed by atoms with Crippen LogP contribution in [0.4, 0.5) is 0 Å². The Labute approximate surface area is 209 Å². The number of carbonyl (C=O) groups is 3. The smallest absolute Gasteiger partial charge is 0.339 e. The lowest BCUT2D eigenvalue weighted by atomic mass is 9.80. The molecule has 0 amide bonds. The molecule has 0 spiro atoms. The highest BCUT2D eigenvalue weighted by atomic mass is 16.6. The zero-order chi connectivity index (χ0) is 27.1. The Kier molecular flexibility index (Phi) is 23.0. The van der Waals surface area contributed by atoms with Gasteiger partial charge in [0.05, 0.1) is 38.3 Å². The summed E-state index contributed by atoms with van der Waals surface area (Å²) in [4.78, 5) is 35.9. The van der Waals surface area contributed by atoms with Crippen LogP contribution in [-0.4, -0.2) is 81.6 Å². The number of carboxylic acid groups (broad SMARTS) is 1. The molecule has 0 rings (SSSR count). The summed E-state index contributed by atoms with van der Waals surface area (Å²) in [5.74, 6) is -4.55. The average Bonchev–Trinajstić information content (AvgIpc) is 2.79. The summed E-state index contributed by atoms with van der Waals surface area (Å²) in [6, 6.07) is 0. The minimum Gasteiger partial charge on any atom is -0.481 e. The van der Waals surface area contributed by atoms with Crippen molar-refractivity contribution < 1.29 is 49.4 Å². The number of rotatable bonds is 20. The van der Waals surface area contributed by atoms with Crippen molar-refractivity contribution in [3.63, 3.8) is 0 Å². The maximum absolute atomic E-state index is 12.4. The second-order valence-corrected chi connectivity index (χ2v) is 8.60. The van der Waals surface area contributed by atoms with E-state index < -0.39 is 42.0 Å². The van der Waals surface area contributed by atoms with Gasteiger partial charge in [0.25, 0.3) is 0 Å². The van der Waals surface area contributed by atoms with Crippen LogP contribution in [0.3, 0.4) is 0 Å². The summed E-state index contributed by atoms with van der Waals surface area (Å²) in [5, 5.41) is 44.7. The molecule has 0 saturated carbocycles. The fourth-order valence-corrected chi connectivity index (χ4v) is 3.49. The largest absolute Gasteiger partial charge is 0.481 e. The van der Waals surface area contributed by atoms with Gasteiger partial charge in [-0.05, 0) is 33.6 Å². The van der Waals surface area contributed by atoms with Crippen molar-refractivity contribution in [2.24, 2.45) is 5.92 Å². The monoisotopic (exact) mass is 508 g/mol. The molecule has 3 atom stereocenters. The van der Waals surface area contributed by atoms with Gasteiger partial charge in [-0.1, -0.05) is 57.8 Å². The molecule has 208 valence electrons. The first kappa shape index (κ1) is 35.4. The molecule has 0 bridgehead atoms. The lowest BCUT2D eigenvalue weighted by Crippen LogP contribution is -2.52. The molecular weight excluding hydrogens is 460 g/mol. The van der Waals surface area contributed by atoms with E-state index in [0.717, 1.165) is 57.8 Å². The van der Waals surface area contributed by atoms with E-state index in [1.807, 2.05) is 0 Å². The molecule has 0 aliphatic rings. The van der Waals surface area contributed by atoms with E-state index in [1.165, 1.54) is 6.92 Å². The van der Waals surface area contributed by atoms with E-state index >= 15 is 0 Å². The summed E-state index contributed by atoms with van der Waals surface area (Å²) < 4.78 is 9.85. The number of ether oxygens (including phenoxy) is 2. The van der Waals surface area contributed by atoms with E-state index in [9.17, 15) is 19.5 Å². The molecule has 10 heteroatoms. The number of hydrogen-bond acceptors (Lipinski definition) is 9. The van der Waals surface area contributed by atoms with Gasteiger partial charge in [0.1, 0.15) is 0 Å². The molecule has 0 fully saturated rings. The second kappa shape index (κ2) is 22.7. The molecule has 3 unspecified atom stereocenters. The first-order valence-corrected chi connectivity index (χ1v) is 12.8. The van der Waals surface area contributed by atoms with Crippen LogP contribution in [0.15, 0.2) is 0 Å². The highest BCUT2D eigenvalue weighted by molar-refractivity contribution is 5.91. The van der Waals surface area contributed by atoms with Gasteiger partial charge in [0, 0.05) is 6.61 Å². The molecule has 0 aromatic rings. The third kappa shape index (κ3) is 18.2. The van der Waals surface area contributed by atoms with Crippen molar-refractivity contribution in [1.82, 2.24) is 0 Å². The molecule has 35 heavy (non-hydrogen) atoms. The Balaban J connectivity index is 0. The molecular formula is C25H48O10. The van der Waals surface area contributed by atoms with Gasteiger partial charge in [-0.3, -0.25) is 9.59 Å². The van der Waals surface area contributed by atoms with Crippen LogP contribution in [0.1, 0.15) is 97.8 Å². The predicted octanol–water partition coefficient (Wildman–Crippen LogP) is 2.58. The standard InChI is InChI=1S/C22H40O8.C3H8O2/c1-3-29-20(26)18(22(28,17-19(24)25)21(27)30-4-2)15-13-11-9-7-5-6-8-10-12-14-16-23;1-3(5)2-4/h18,23,28H,3-17H2,1-2H3,(H,24,25);3-5H,2H2,1H3. The number of hydrogen-bond donors (Lipinski definition) is 5. The van der Waals surface area contributed by atoms with Crippen molar-refractivity contribution in [1.29, 1.82) is 0 Å². The Hall–Kier alpha value is -1.75. The number of carboxylic acids is 1. The molecule has 10 nitrogen and oxygen atoms in total. The zero-order valence-corrected chi connectivity index (χ0v) is 21.7. The van der Waals surface area contributed by atoms with Crippen molar-refractivity contribution in [3.8, 4) is 0 Å². The summed E-state index contributed by atoms with van der Waals surface area (Å²) in [5.41, 5.74) is -2.44. The van der Waals surface area contributed by atoms with E-state index in [0.29, 0.717) is 6.42 Å². The number of aliphatic hydroxyl groups is 4. The summed E-state index contributed by atoms with van der Waals surface area (Å²) >= 11 is 0. The lowest BCUT2D eigenvalue weighted by Gasteiger charge is -2.31. The summed E-state index contributed by atoms with van der Waals surface area (Å²) in [7, 11) is 0. The highest BCUT2D eigenvalue weighted by Gasteiger charge is 2.51. The van der Waals surface area contributed by atoms with E-state index in [1.54, 1.807) is 13.8 Å². The van der Waals surface area contributed by atoms with Crippen molar-refractivity contribution in [2.75, 3.05) is 26.4 Å². The summed E-state index contributed by atoms with van der Waals surface area (Å²) in [6.07, 6.45) is 8.57. The predicted molar refractivity (Wildman–Crippen MR) is 131 cm³/mol. The van der Waals surface area contributed by atoms with Crippen molar-refractivity contribution in [3.05, 3.63) is 0 Å². The zero-order valence-electron chi connectivity index (χ0n) is 21.7. The van der Waals surface area contributed by atoms with Crippen LogP contribution in [0.25, 0.3) is 0 Å².